The normalized spacial score (nSPS) is 16.2. The van der Waals surface area contributed by atoms with Gasteiger partial charge in [-0.25, -0.2) is 9.59 Å². The van der Waals surface area contributed by atoms with Crippen molar-refractivity contribution < 1.29 is 37.7 Å². The van der Waals surface area contributed by atoms with Crippen LogP contribution in [-0.4, -0.2) is 29.6 Å². The van der Waals surface area contributed by atoms with Crippen LogP contribution in [0.5, 0.6) is 17.2 Å². The molecule has 0 radical (unpaired) electrons. The lowest BCUT2D eigenvalue weighted by Gasteiger charge is -2.39. The van der Waals surface area contributed by atoms with Gasteiger partial charge in [0.2, 0.25) is 0 Å². The van der Waals surface area contributed by atoms with Crippen LogP contribution in [0.3, 0.4) is 0 Å². The molecule has 0 saturated carbocycles. The minimum atomic E-state index is -0.840. The zero-order chi connectivity index (χ0) is 26.0. The van der Waals surface area contributed by atoms with E-state index in [-0.39, 0.29) is 11.5 Å². The molecule has 0 fully saturated rings. The maximum Gasteiger partial charge on any atom is 0.336 e. The second-order valence-corrected chi connectivity index (χ2v) is 8.81. The summed E-state index contributed by atoms with van der Waals surface area (Å²) in [7, 11) is 0. The van der Waals surface area contributed by atoms with Gasteiger partial charge >= 0.3 is 23.5 Å². The Morgan fingerprint density at radius 2 is 1.69 bits per heavy atom. The number of rotatable bonds is 5. The predicted molar refractivity (Wildman–Crippen MR) is 129 cm³/mol. The van der Waals surface area contributed by atoms with Crippen molar-refractivity contribution >= 4 is 35.0 Å². The quantitative estimate of drug-likeness (QED) is 0.225. The van der Waals surface area contributed by atoms with Crippen LogP contribution in [0.25, 0.3) is 17.0 Å². The summed E-state index contributed by atoms with van der Waals surface area (Å²) < 4.78 is 27.2. The first-order valence-corrected chi connectivity index (χ1v) is 11.2. The molecule has 2 heterocycles. The Balaban J connectivity index is 1.51. The summed E-state index contributed by atoms with van der Waals surface area (Å²) in [5.74, 6) is -1.04. The zero-order valence-electron chi connectivity index (χ0n) is 20.2. The summed E-state index contributed by atoms with van der Waals surface area (Å²) in [6.07, 6.45) is 2.56. The van der Waals surface area contributed by atoms with Crippen LogP contribution >= 0.6 is 0 Å². The molecule has 9 nitrogen and oxygen atoms in total. The van der Waals surface area contributed by atoms with Crippen molar-refractivity contribution in [2.24, 2.45) is 0 Å². The summed E-state index contributed by atoms with van der Waals surface area (Å²) in [4.78, 5) is 46.9. The van der Waals surface area contributed by atoms with Gasteiger partial charge in [0.05, 0.1) is 0 Å². The van der Waals surface area contributed by atoms with Crippen LogP contribution in [0.2, 0.25) is 0 Å². The van der Waals surface area contributed by atoms with Crippen molar-refractivity contribution in [1.82, 2.24) is 0 Å². The highest BCUT2D eigenvalue weighted by Crippen LogP contribution is 2.37. The fraction of sp³-hybridized carbons (Fsp3) is 0.259. The Morgan fingerprint density at radius 3 is 2.42 bits per heavy atom. The molecule has 36 heavy (non-hydrogen) atoms. The van der Waals surface area contributed by atoms with E-state index in [1.807, 2.05) is 19.9 Å². The number of carbonyl (C=O) groups excluding carboxylic acids is 3. The third-order valence-electron chi connectivity index (χ3n) is 5.50. The molecule has 1 aliphatic rings. The summed E-state index contributed by atoms with van der Waals surface area (Å²) in [6.45, 7) is 6.07. The number of benzene rings is 2. The maximum absolute atomic E-state index is 12.6. The van der Waals surface area contributed by atoms with Gasteiger partial charge in [0, 0.05) is 43.9 Å². The second-order valence-electron chi connectivity index (χ2n) is 8.81. The summed E-state index contributed by atoms with van der Waals surface area (Å²) in [6, 6.07) is 11.1. The van der Waals surface area contributed by atoms with Crippen molar-refractivity contribution in [2.75, 3.05) is 0 Å². The summed E-state index contributed by atoms with van der Waals surface area (Å²) in [5, 5.41) is 0.738. The smallest absolute Gasteiger partial charge is 0.336 e. The van der Waals surface area contributed by atoms with Crippen molar-refractivity contribution in [3.05, 3.63) is 70.1 Å². The van der Waals surface area contributed by atoms with E-state index in [1.165, 1.54) is 44.2 Å². The molecule has 0 aliphatic carbocycles. The lowest BCUT2D eigenvalue weighted by atomic mass is 9.90. The Hall–Kier alpha value is -4.40. The van der Waals surface area contributed by atoms with Gasteiger partial charge in [0.15, 0.2) is 11.5 Å². The zero-order valence-corrected chi connectivity index (χ0v) is 20.2. The fourth-order valence-corrected chi connectivity index (χ4v) is 3.82. The van der Waals surface area contributed by atoms with Crippen molar-refractivity contribution in [3.63, 3.8) is 0 Å². The molecule has 186 valence electrons. The number of esters is 3. The molecule has 3 aromatic rings. The molecule has 0 N–H and O–H groups in total. The molecule has 1 aliphatic heterocycles. The third kappa shape index (κ3) is 5.63. The molecule has 0 amide bonds. The molecule has 0 unspecified atom stereocenters. The van der Waals surface area contributed by atoms with Crippen molar-refractivity contribution in [2.45, 2.75) is 45.8 Å². The van der Waals surface area contributed by atoms with E-state index in [1.54, 1.807) is 18.2 Å². The molecule has 1 atom stereocenters. The van der Waals surface area contributed by atoms with E-state index in [0.29, 0.717) is 23.3 Å². The molecule has 9 heteroatoms. The largest absolute Gasteiger partial charge is 0.484 e. The van der Waals surface area contributed by atoms with Gasteiger partial charge in [-0.1, -0.05) is 6.07 Å². The van der Waals surface area contributed by atoms with Gasteiger partial charge in [-0.2, -0.15) is 0 Å². The van der Waals surface area contributed by atoms with E-state index in [4.69, 9.17) is 23.4 Å². The molecule has 4 rings (SSSR count). The molecular formula is C27H24O9. The molecule has 2 aromatic carbocycles. The van der Waals surface area contributed by atoms with Crippen molar-refractivity contribution in [3.8, 4) is 17.2 Å². The third-order valence-corrected chi connectivity index (χ3v) is 5.50. The average Bonchev–Trinajstić information content (AvgIpc) is 2.77. The fourth-order valence-electron chi connectivity index (χ4n) is 3.82. The molecule has 0 spiro atoms. The van der Waals surface area contributed by atoms with Crippen LogP contribution in [-0.2, 0) is 25.5 Å². The topological polar surface area (TPSA) is 118 Å². The first-order chi connectivity index (χ1) is 17.0. The molecule has 1 aromatic heterocycles. The van der Waals surface area contributed by atoms with Gasteiger partial charge in [-0.15, -0.1) is 0 Å². The number of carbonyl (C=O) groups is 3. The van der Waals surface area contributed by atoms with Gasteiger partial charge < -0.3 is 23.4 Å². The van der Waals surface area contributed by atoms with Crippen LogP contribution in [0.1, 0.15) is 38.8 Å². The number of hydrogen-bond acceptors (Lipinski definition) is 9. The standard InChI is InChI=1S/C27H24O9/c1-15(28)32-20-8-5-17(11-23(20)33-16(2)29)6-9-26(31)35-24-13-19-12-18-7-10-25(30)34-21(18)14-22(19)36-27(24,3)4/h5-12,14,24H,13H2,1-4H3/b9-6+/t24-/m0/s1. The average molecular weight is 492 g/mol. The van der Waals surface area contributed by atoms with Crippen LogP contribution in [0, 0.1) is 0 Å². The first kappa shape index (κ1) is 24.7. The summed E-state index contributed by atoms with van der Waals surface area (Å²) in [5.41, 5.74) is 0.481. The lowest BCUT2D eigenvalue weighted by Crippen LogP contribution is -2.48. The highest BCUT2D eigenvalue weighted by molar-refractivity contribution is 5.87. The number of fused-ring (bicyclic) bond motifs is 2. The predicted octanol–water partition coefficient (Wildman–Crippen LogP) is 3.98. The Labute approximate surface area is 206 Å². The van der Waals surface area contributed by atoms with E-state index < -0.39 is 35.2 Å². The molecule has 0 bridgehead atoms. The summed E-state index contributed by atoms with van der Waals surface area (Å²) >= 11 is 0. The van der Waals surface area contributed by atoms with Crippen LogP contribution in [0.15, 0.2) is 57.8 Å². The number of hydrogen-bond donors (Lipinski definition) is 0. The van der Waals surface area contributed by atoms with Gasteiger partial charge in [-0.3, -0.25) is 9.59 Å². The Kier molecular flexibility index (Phi) is 6.65. The Bertz CT molecular complexity index is 1450. The monoisotopic (exact) mass is 492 g/mol. The van der Waals surface area contributed by atoms with Crippen LogP contribution in [0.4, 0.5) is 0 Å². The van der Waals surface area contributed by atoms with Crippen LogP contribution < -0.4 is 19.8 Å². The Morgan fingerprint density at radius 1 is 0.972 bits per heavy atom. The molecular weight excluding hydrogens is 468 g/mol. The minimum absolute atomic E-state index is 0.0506. The van der Waals surface area contributed by atoms with E-state index in [9.17, 15) is 19.2 Å². The van der Waals surface area contributed by atoms with E-state index >= 15 is 0 Å². The second kappa shape index (κ2) is 9.69. The highest BCUT2D eigenvalue weighted by Gasteiger charge is 2.39. The SMILES string of the molecule is CC(=O)Oc1ccc(/C=C/C(=O)O[C@H]2Cc3cc4ccc(=O)oc4cc3OC2(C)C)cc1OC(C)=O. The first-order valence-electron chi connectivity index (χ1n) is 11.2. The lowest BCUT2D eigenvalue weighted by molar-refractivity contribution is -0.155. The number of ether oxygens (including phenoxy) is 4. The van der Waals surface area contributed by atoms with Gasteiger partial charge in [-0.05, 0) is 55.3 Å². The molecule has 0 saturated heterocycles. The van der Waals surface area contributed by atoms with Crippen molar-refractivity contribution in [1.29, 1.82) is 0 Å². The van der Waals surface area contributed by atoms with E-state index in [0.717, 1.165) is 10.9 Å². The van der Waals surface area contributed by atoms with Gasteiger partial charge in [0.25, 0.3) is 0 Å². The maximum atomic E-state index is 12.6. The van der Waals surface area contributed by atoms with E-state index in [2.05, 4.69) is 0 Å². The highest BCUT2D eigenvalue weighted by atomic mass is 16.6. The van der Waals surface area contributed by atoms with Gasteiger partial charge in [0.1, 0.15) is 23.0 Å². The minimum Gasteiger partial charge on any atom is -0.484 e.